The minimum atomic E-state index is -0.630. The van der Waals surface area contributed by atoms with Crippen LogP contribution in [0.5, 0.6) is 0 Å². The third kappa shape index (κ3) is 6.97. The standard InChI is InChI=1S/C25H30ClFN2O2S/c1-18(25(31)28-21-11-3-2-4-12-21)29(15-19-9-5-7-13-22(19)26)24(30)17-32-16-20-10-6-8-14-23(20)27/h5-10,13-14,18,21H,2-4,11-12,15-17H2,1H3,(H,28,31). The predicted molar refractivity (Wildman–Crippen MR) is 129 cm³/mol. The van der Waals surface area contributed by atoms with Gasteiger partial charge in [-0.1, -0.05) is 67.3 Å². The van der Waals surface area contributed by atoms with Gasteiger partial charge in [-0.3, -0.25) is 9.59 Å². The molecule has 2 aromatic carbocycles. The SMILES string of the molecule is CC(C(=O)NC1CCCCC1)N(Cc1ccccc1Cl)C(=O)CSCc1ccccc1F. The molecule has 4 nitrogen and oxygen atoms in total. The largest absolute Gasteiger partial charge is 0.352 e. The van der Waals surface area contributed by atoms with E-state index >= 15 is 0 Å². The van der Waals surface area contributed by atoms with Crippen LogP contribution in [0, 0.1) is 5.82 Å². The zero-order valence-corrected chi connectivity index (χ0v) is 19.9. The van der Waals surface area contributed by atoms with Gasteiger partial charge in [-0.05, 0) is 43.0 Å². The Labute approximate surface area is 198 Å². The van der Waals surface area contributed by atoms with Gasteiger partial charge in [0.1, 0.15) is 11.9 Å². The van der Waals surface area contributed by atoms with Crippen molar-refractivity contribution in [2.45, 2.75) is 63.4 Å². The molecule has 0 bridgehead atoms. The maximum atomic E-state index is 13.9. The summed E-state index contributed by atoms with van der Waals surface area (Å²) in [5.41, 5.74) is 1.35. The lowest BCUT2D eigenvalue weighted by Crippen LogP contribution is -2.50. The van der Waals surface area contributed by atoms with Gasteiger partial charge in [0.2, 0.25) is 11.8 Å². The smallest absolute Gasteiger partial charge is 0.242 e. The van der Waals surface area contributed by atoms with E-state index < -0.39 is 6.04 Å². The lowest BCUT2D eigenvalue weighted by atomic mass is 9.95. The van der Waals surface area contributed by atoms with Crippen molar-refractivity contribution in [3.8, 4) is 0 Å². The highest BCUT2D eigenvalue weighted by atomic mass is 35.5. The number of hydrogen-bond donors (Lipinski definition) is 1. The summed E-state index contributed by atoms with van der Waals surface area (Å²) < 4.78 is 13.9. The first kappa shape index (κ1) is 24.6. The van der Waals surface area contributed by atoms with E-state index in [4.69, 9.17) is 11.6 Å². The van der Waals surface area contributed by atoms with E-state index in [1.165, 1.54) is 24.2 Å². The molecule has 1 atom stereocenters. The van der Waals surface area contributed by atoms with E-state index in [0.717, 1.165) is 31.2 Å². The average molecular weight is 477 g/mol. The number of nitrogens with one attached hydrogen (secondary N) is 1. The van der Waals surface area contributed by atoms with Crippen LogP contribution in [0.2, 0.25) is 5.02 Å². The molecule has 1 aliphatic carbocycles. The predicted octanol–water partition coefficient (Wildman–Crippen LogP) is 5.58. The van der Waals surface area contributed by atoms with Gasteiger partial charge in [0, 0.05) is 23.4 Å². The molecule has 2 aromatic rings. The van der Waals surface area contributed by atoms with E-state index in [-0.39, 0.29) is 36.0 Å². The molecule has 0 radical (unpaired) electrons. The number of halogens is 2. The molecule has 1 fully saturated rings. The highest BCUT2D eigenvalue weighted by molar-refractivity contribution is 7.99. The molecule has 0 aromatic heterocycles. The van der Waals surface area contributed by atoms with Crippen LogP contribution in [0.3, 0.4) is 0 Å². The van der Waals surface area contributed by atoms with Crippen LogP contribution < -0.4 is 5.32 Å². The monoisotopic (exact) mass is 476 g/mol. The molecule has 1 aliphatic rings. The maximum absolute atomic E-state index is 13.9. The van der Waals surface area contributed by atoms with Crippen LogP contribution in [0.1, 0.15) is 50.2 Å². The van der Waals surface area contributed by atoms with Crippen molar-refractivity contribution in [2.24, 2.45) is 0 Å². The quantitative estimate of drug-likeness (QED) is 0.514. The Morgan fingerprint density at radius 1 is 1.09 bits per heavy atom. The molecular weight excluding hydrogens is 447 g/mol. The van der Waals surface area contributed by atoms with Crippen LogP contribution in [0.4, 0.5) is 4.39 Å². The average Bonchev–Trinajstić information content (AvgIpc) is 2.80. The van der Waals surface area contributed by atoms with Crippen molar-refractivity contribution in [1.29, 1.82) is 0 Å². The minimum absolute atomic E-state index is 0.142. The Hall–Kier alpha value is -2.05. The Morgan fingerprint density at radius 2 is 1.75 bits per heavy atom. The highest BCUT2D eigenvalue weighted by Gasteiger charge is 2.28. The molecular formula is C25H30ClFN2O2S. The van der Waals surface area contributed by atoms with Crippen molar-refractivity contribution in [2.75, 3.05) is 5.75 Å². The van der Waals surface area contributed by atoms with Gasteiger partial charge in [0.15, 0.2) is 0 Å². The zero-order chi connectivity index (χ0) is 22.9. The van der Waals surface area contributed by atoms with Crippen LogP contribution in [0.25, 0.3) is 0 Å². The molecule has 32 heavy (non-hydrogen) atoms. The minimum Gasteiger partial charge on any atom is -0.352 e. The maximum Gasteiger partial charge on any atom is 0.242 e. The summed E-state index contributed by atoms with van der Waals surface area (Å²) >= 11 is 7.67. The van der Waals surface area contributed by atoms with Gasteiger partial charge < -0.3 is 10.2 Å². The topological polar surface area (TPSA) is 49.4 Å². The van der Waals surface area contributed by atoms with E-state index in [1.54, 1.807) is 36.1 Å². The number of hydrogen-bond acceptors (Lipinski definition) is 3. The van der Waals surface area contributed by atoms with Gasteiger partial charge in [-0.25, -0.2) is 4.39 Å². The summed E-state index contributed by atoms with van der Waals surface area (Å²) in [4.78, 5) is 27.7. The van der Waals surface area contributed by atoms with E-state index in [9.17, 15) is 14.0 Å². The van der Waals surface area contributed by atoms with Crippen LogP contribution in [0.15, 0.2) is 48.5 Å². The van der Waals surface area contributed by atoms with Crippen LogP contribution in [-0.2, 0) is 21.9 Å². The molecule has 0 heterocycles. The molecule has 1 N–H and O–H groups in total. The van der Waals surface area contributed by atoms with Gasteiger partial charge in [-0.2, -0.15) is 0 Å². The molecule has 2 amide bonds. The van der Waals surface area contributed by atoms with Gasteiger partial charge in [0.25, 0.3) is 0 Å². The first-order valence-electron chi connectivity index (χ1n) is 11.1. The molecule has 0 saturated heterocycles. The molecule has 1 unspecified atom stereocenters. The third-order valence-corrected chi connectivity index (χ3v) is 7.19. The van der Waals surface area contributed by atoms with Crippen molar-refractivity contribution in [3.63, 3.8) is 0 Å². The number of carbonyl (C=O) groups is 2. The lowest BCUT2D eigenvalue weighted by molar-refractivity contribution is -0.139. The Kier molecular flexibility index (Phi) is 9.42. The van der Waals surface area contributed by atoms with E-state index in [1.807, 2.05) is 18.2 Å². The van der Waals surface area contributed by atoms with Gasteiger partial charge in [-0.15, -0.1) is 11.8 Å². The highest BCUT2D eigenvalue weighted by Crippen LogP contribution is 2.22. The summed E-state index contributed by atoms with van der Waals surface area (Å²) in [6, 6.07) is 13.4. The Bertz CT molecular complexity index is 920. The number of benzene rings is 2. The van der Waals surface area contributed by atoms with E-state index in [2.05, 4.69) is 5.32 Å². The molecule has 0 aliphatic heterocycles. The number of rotatable bonds is 9. The molecule has 172 valence electrons. The second kappa shape index (κ2) is 12.3. The summed E-state index contributed by atoms with van der Waals surface area (Å²) in [6.07, 6.45) is 5.41. The lowest BCUT2D eigenvalue weighted by Gasteiger charge is -2.31. The summed E-state index contributed by atoms with van der Waals surface area (Å²) in [6.45, 7) is 2.01. The number of carbonyl (C=O) groups excluding carboxylic acids is 2. The first-order chi connectivity index (χ1) is 15.5. The molecule has 3 rings (SSSR count). The fourth-order valence-electron chi connectivity index (χ4n) is 3.91. The van der Waals surface area contributed by atoms with E-state index in [0.29, 0.717) is 16.3 Å². The van der Waals surface area contributed by atoms with Crippen molar-refractivity contribution >= 4 is 35.2 Å². The zero-order valence-electron chi connectivity index (χ0n) is 18.4. The first-order valence-corrected chi connectivity index (χ1v) is 12.6. The Balaban J connectivity index is 1.67. The number of amides is 2. The Morgan fingerprint density at radius 3 is 2.44 bits per heavy atom. The molecule has 0 spiro atoms. The van der Waals surface area contributed by atoms with Crippen molar-refractivity contribution in [1.82, 2.24) is 10.2 Å². The van der Waals surface area contributed by atoms with Gasteiger partial charge >= 0.3 is 0 Å². The number of nitrogens with zero attached hydrogens (tertiary/aromatic N) is 1. The van der Waals surface area contributed by atoms with Crippen LogP contribution in [-0.4, -0.2) is 34.6 Å². The second-order valence-corrected chi connectivity index (χ2v) is 9.61. The number of thioether (sulfide) groups is 1. The van der Waals surface area contributed by atoms with Crippen molar-refractivity contribution < 1.29 is 14.0 Å². The fraction of sp³-hybridized carbons (Fsp3) is 0.440. The fourth-order valence-corrected chi connectivity index (χ4v) is 5.00. The normalized spacial score (nSPS) is 15.2. The molecule has 1 saturated carbocycles. The summed E-state index contributed by atoms with van der Waals surface area (Å²) in [7, 11) is 0. The summed E-state index contributed by atoms with van der Waals surface area (Å²) in [5.74, 6) is -0.0459. The third-order valence-electron chi connectivity index (χ3n) is 5.86. The second-order valence-electron chi connectivity index (χ2n) is 8.22. The van der Waals surface area contributed by atoms with Gasteiger partial charge in [0.05, 0.1) is 5.75 Å². The van der Waals surface area contributed by atoms with Crippen molar-refractivity contribution in [3.05, 3.63) is 70.5 Å². The molecule has 7 heteroatoms. The summed E-state index contributed by atoms with van der Waals surface area (Å²) in [5, 5.41) is 3.68. The van der Waals surface area contributed by atoms with Crippen LogP contribution >= 0.6 is 23.4 Å².